The number of hydrogen-bond acceptors (Lipinski definition) is 6. The van der Waals surface area contributed by atoms with Crippen molar-refractivity contribution in [2.45, 2.75) is 76.7 Å². The van der Waals surface area contributed by atoms with Crippen molar-refractivity contribution in [2.75, 3.05) is 24.7 Å². The fourth-order valence-corrected chi connectivity index (χ4v) is 6.77. The Balaban J connectivity index is 1.69. The van der Waals surface area contributed by atoms with Gasteiger partial charge in [0, 0.05) is 12.2 Å². The molecule has 0 saturated carbocycles. The van der Waals surface area contributed by atoms with Crippen LogP contribution in [0.2, 0.25) is 0 Å². The van der Waals surface area contributed by atoms with Crippen molar-refractivity contribution >= 4 is 23.5 Å². The number of aliphatic hydroxyl groups excluding tert-OH is 1. The first-order valence-corrected chi connectivity index (χ1v) is 13.7. The highest BCUT2D eigenvalue weighted by atomic mass is 16.6. The van der Waals surface area contributed by atoms with Gasteiger partial charge >= 0.3 is 5.97 Å². The second kappa shape index (κ2) is 9.97. The highest BCUT2D eigenvalue weighted by Crippen LogP contribution is 2.57. The van der Waals surface area contributed by atoms with Crippen molar-refractivity contribution in [3.05, 3.63) is 53.6 Å². The monoisotopic (exact) mass is 522 g/mol. The van der Waals surface area contributed by atoms with Crippen LogP contribution in [-0.4, -0.2) is 70.8 Å². The number of hydrogen-bond donors (Lipinski definition) is 1. The molecule has 4 heterocycles. The van der Waals surface area contributed by atoms with Crippen LogP contribution in [0.25, 0.3) is 0 Å². The summed E-state index contributed by atoms with van der Waals surface area (Å²) in [6.07, 6.45) is 10.5. The molecule has 2 fully saturated rings. The summed E-state index contributed by atoms with van der Waals surface area (Å²) in [6, 6.07) is 4.32. The van der Waals surface area contributed by atoms with Gasteiger partial charge in [0.1, 0.15) is 17.6 Å². The summed E-state index contributed by atoms with van der Waals surface area (Å²) in [6.45, 7) is 7.91. The molecular formula is C30H38N2O6. The van der Waals surface area contributed by atoms with E-state index in [0.29, 0.717) is 13.0 Å². The van der Waals surface area contributed by atoms with Crippen molar-refractivity contribution < 1.29 is 29.0 Å². The average molecular weight is 523 g/mol. The van der Waals surface area contributed by atoms with E-state index in [1.807, 2.05) is 70.2 Å². The van der Waals surface area contributed by atoms with E-state index in [9.17, 15) is 19.5 Å². The molecule has 5 rings (SSSR count). The zero-order chi connectivity index (χ0) is 27.2. The third-order valence-electron chi connectivity index (χ3n) is 8.67. The molecule has 8 nitrogen and oxygen atoms in total. The number of esters is 1. The summed E-state index contributed by atoms with van der Waals surface area (Å²) in [5, 5.41) is 10.3. The molecule has 0 aliphatic carbocycles. The molecule has 1 spiro atoms. The number of carbonyl (C=O) groups excluding carboxylic acids is 3. The zero-order valence-electron chi connectivity index (χ0n) is 22.7. The maximum atomic E-state index is 14.6. The van der Waals surface area contributed by atoms with Gasteiger partial charge in [-0.2, -0.15) is 0 Å². The van der Waals surface area contributed by atoms with Crippen molar-refractivity contribution in [3.8, 4) is 0 Å². The Labute approximate surface area is 224 Å². The van der Waals surface area contributed by atoms with Crippen molar-refractivity contribution in [3.63, 3.8) is 0 Å². The van der Waals surface area contributed by atoms with E-state index >= 15 is 0 Å². The highest BCUT2D eigenvalue weighted by Gasteiger charge is 2.75. The lowest BCUT2D eigenvalue weighted by Crippen LogP contribution is -2.58. The molecule has 2 amide bonds. The first-order chi connectivity index (χ1) is 18.2. The standard InChI is InChI=1S/C30H38N2O6/c1-5-21(18-33)32-25-27(35)31(22-17-19(2)11-12-20(22)3)15-10-14-30(25)23(26(32)34)24-28(36)37-16-9-7-6-8-13-29(24,4)38-30/h8,10-14,17,21,23-25,33H,5-7,9,15-16,18H2,1-4H3/b13-8-/t21-,23-,24+,25?,29-,30-/m0/s1. The summed E-state index contributed by atoms with van der Waals surface area (Å²) >= 11 is 0. The summed E-state index contributed by atoms with van der Waals surface area (Å²) in [5.41, 5.74) is 0.226. The smallest absolute Gasteiger partial charge is 0.313 e. The average Bonchev–Trinajstić information content (AvgIpc) is 3.22. The molecule has 4 aliphatic rings. The van der Waals surface area contributed by atoms with Gasteiger partial charge in [-0.05, 0) is 63.6 Å². The number of rotatable bonds is 4. The summed E-state index contributed by atoms with van der Waals surface area (Å²) in [7, 11) is 0. The second-order valence-corrected chi connectivity index (χ2v) is 11.2. The fourth-order valence-electron chi connectivity index (χ4n) is 6.77. The SMILES string of the molecule is CC[C@@H](CO)N1C(=O)[C@@H]2[C@@H]3C(=O)OCCCC/C=C\[C@]3(C)O[C@@]23C=CCN(c2cc(C)ccc2C)C(=O)C13. The number of nitrogens with zero attached hydrogens (tertiary/aromatic N) is 2. The number of aliphatic hydroxyl groups is 1. The molecule has 0 radical (unpaired) electrons. The molecular weight excluding hydrogens is 484 g/mol. The van der Waals surface area contributed by atoms with E-state index in [1.54, 1.807) is 4.90 Å². The lowest BCUT2D eigenvalue weighted by molar-refractivity contribution is -0.160. The Hall–Kier alpha value is -2.97. The normalized spacial score (nSPS) is 34.8. The first kappa shape index (κ1) is 26.6. The fraction of sp³-hybridized carbons (Fsp3) is 0.567. The van der Waals surface area contributed by atoms with E-state index < -0.39 is 41.1 Å². The number of amides is 2. The lowest BCUT2D eigenvalue weighted by atomic mass is 9.74. The van der Waals surface area contributed by atoms with Gasteiger partial charge in [0.25, 0.3) is 5.91 Å². The topological polar surface area (TPSA) is 96.4 Å². The Morgan fingerprint density at radius 1 is 1.08 bits per heavy atom. The van der Waals surface area contributed by atoms with E-state index in [4.69, 9.17) is 9.47 Å². The van der Waals surface area contributed by atoms with Crippen LogP contribution in [0.1, 0.15) is 50.7 Å². The zero-order valence-corrected chi connectivity index (χ0v) is 22.7. The lowest BCUT2D eigenvalue weighted by Gasteiger charge is -2.40. The quantitative estimate of drug-likeness (QED) is 0.482. The van der Waals surface area contributed by atoms with Gasteiger partial charge in [-0.3, -0.25) is 14.4 Å². The van der Waals surface area contributed by atoms with Crippen molar-refractivity contribution in [1.29, 1.82) is 0 Å². The maximum absolute atomic E-state index is 14.6. The number of ether oxygens (including phenoxy) is 2. The molecule has 204 valence electrons. The van der Waals surface area contributed by atoms with Crippen LogP contribution in [0.3, 0.4) is 0 Å². The van der Waals surface area contributed by atoms with Gasteiger partial charge in [-0.25, -0.2) is 0 Å². The van der Waals surface area contributed by atoms with E-state index in [0.717, 1.165) is 36.1 Å². The van der Waals surface area contributed by atoms with Crippen LogP contribution in [-0.2, 0) is 23.9 Å². The summed E-state index contributed by atoms with van der Waals surface area (Å²) < 4.78 is 12.5. The third-order valence-corrected chi connectivity index (χ3v) is 8.67. The van der Waals surface area contributed by atoms with Crippen LogP contribution in [0.5, 0.6) is 0 Å². The van der Waals surface area contributed by atoms with Crippen LogP contribution in [0.4, 0.5) is 5.69 Å². The van der Waals surface area contributed by atoms with Crippen LogP contribution in [0.15, 0.2) is 42.5 Å². The van der Waals surface area contributed by atoms with Gasteiger partial charge in [-0.15, -0.1) is 0 Å². The third kappa shape index (κ3) is 4.00. The van der Waals surface area contributed by atoms with E-state index in [-0.39, 0.29) is 25.0 Å². The number of aryl methyl sites for hydroxylation is 2. The number of carbonyl (C=O) groups is 3. The van der Waals surface area contributed by atoms with Crippen LogP contribution < -0.4 is 4.90 Å². The molecule has 0 aromatic heterocycles. The Morgan fingerprint density at radius 2 is 1.87 bits per heavy atom. The minimum Gasteiger partial charge on any atom is -0.465 e. The predicted molar refractivity (Wildman–Crippen MR) is 142 cm³/mol. The van der Waals surface area contributed by atoms with Crippen LogP contribution in [0, 0.1) is 25.7 Å². The number of anilines is 1. The Kier molecular flexibility index (Phi) is 6.99. The van der Waals surface area contributed by atoms with E-state index in [1.165, 1.54) is 4.90 Å². The number of cyclic esters (lactones) is 1. The number of allylic oxidation sites excluding steroid dienone is 1. The van der Waals surface area contributed by atoms with Crippen LogP contribution >= 0.6 is 0 Å². The Morgan fingerprint density at radius 3 is 2.61 bits per heavy atom. The number of benzene rings is 1. The molecule has 38 heavy (non-hydrogen) atoms. The molecule has 1 aromatic carbocycles. The summed E-state index contributed by atoms with van der Waals surface area (Å²) in [4.78, 5) is 45.6. The Bertz CT molecular complexity index is 1190. The van der Waals surface area contributed by atoms with Gasteiger partial charge < -0.3 is 24.4 Å². The minimum absolute atomic E-state index is 0.281. The first-order valence-electron chi connectivity index (χ1n) is 13.7. The molecule has 8 heteroatoms. The molecule has 4 aliphatic heterocycles. The minimum atomic E-state index is -1.37. The molecule has 1 aromatic rings. The molecule has 1 N–H and O–H groups in total. The predicted octanol–water partition coefficient (Wildman–Crippen LogP) is 3.23. The molecule has 2 saturated heterocycles. The highest BCUT2D eigenvalue weighted by molar-refractivity contribution is 6.06. The number of likely N-dealkylation sites (tertiary alicyclic amines) is 1. The molecule has 0 bridgehead atoms. The van der Waals surface area contributed by atoms with Gasteiger partial charge in [-0.1, -0.05) is 43.4 Å². The van der Waals surface area contributed by atoms with Gasteiger partial charge in [0.15, 0.2) is 0 Å². The van der Waals surface area contributed by atoms with E-state index in [2.05, 4.69) is 0 Å². The molecule has 6 atom stereocenters. The largest absolute Gasteiger partial charge is 0.465 e. The number of fused-ring (bicyclic) bond motifs is 2. The van der Waals surface area contributed by atoms with Crippen molar-refractivity contribution in [2.24, 2.45) is 11.8 Å². The maximum Gasteiger partial charge on any atom is 0.313 e. The summed E-state index contributed by atoms with van der Waals surface area (Å²) in [5.74, 6) is -2.99. The molecule has 1 unspecified atom stereocenters. The van der Waals surface area contributed by atoms with Gasteiger partial charge in [0.2, 0.25) is 5.91 Å². The van der Waals surface area contributed by atoms with Gasteiger partial charge in [0.05, 0.1) is 30.8 Å². The van der Waals surface area contributed by atoms with Crippen molar-refractivity contribution in [1.82, 2.24) is 4.90 Å². The second-order valence-electron chi connectivity index (χ2n) is 11.2.